The third-order valence-corrected chi connectivity index (χ3v) is 3.97. The van der Waals surface area contributed by atoms with Crippen molar-refractivity contribution in [1.82, 2.24) is 4.98 Å². The number of hydrogen-bond acceptors (Lipinski definition) is 1. The Hall–Kier alpha value is -0.800. The molecule has 90 valence electrons. The molecular formula is C14H16BrNO. The third-order valence-electron chi connectivity index (χ3n) is 3.48. The first kappa shape index (κ1) is 11.3. The van der Waals surface area contributed by atoms with E-state index in [9.17, 15) is 0 Å². The number of H-pyrrole nitrogens is 1. The number of nitrogens with one attached hydrogen (secondary N) is 1. The number of halogens is 1. The first-order chi connectivity index (χ1) is 7.81. The van der Waals surface area contributed by atoms with Crippen LogP contribution in [-0.2, 0) is 15.9 Å². The molecule has 3 heteroatoms. The van der Waals surface area contributed by atoms with Gasteiger partial charge in [0.05, 0.1) is 11.3 Å². The monoisotopic (exact) mass is 293 g/mol. The molecule has 3 rings (SSSR count). The molecule has 1 N–H and O–H groups in total. The van der Waals surface area contributed by atoms with Crippen LogP contribution in [0.3, 0.4) is 0 Å². The Morgan fingerprint density at radius 3 is 2.53 bits per heavy atom. The van der Waals surface area contributed by atoms with Gasteiger partial charge in [-0.2, -0.15) is 0 Å². The van der Waals surface area contributed by atoms with Crippen LogP contribution < -0.4 is 0 Å². The summed E-state index contributed by atoms with van der Waals surface area (Å²) in [6, 6.07) is 6.34. The van der Waals surface area contributed by atoms with Crippen molar-refractivity contribution in [2.75, 3.05) is 0 Å². The highest BCUT2D eigenvalue weighted by atomic mass is 79.9. The molecule has 1 aliphatic heterocycles. The molecule has 2 heterocycles. The SMILES string of the molecule is CC1(C)OC(C)(C)c2c1[nH]c1ccc(Br)cc21. The van der Waals surface area contributed by atoms with Gasteiger partial charge >= 0.3 is 0 Å². The molecule has 0 atom stereocenters. The molecule has 0 unspecified atom stereocenters. The summed E-state index contributed by atoms with van der Waals surface area (Å²) < 4.78 is 7.25. The van der Waals surface area contributed by atoms with Gasteiger partial charge in [0, 0.05) is 20.9 Å². The van der Waals surface area contributed by atoms with Crippen molar-refractivity contribution in [2.24, 2.45) is 0 Å². The average Bonchev–Trinajstić information content (AvgIpc) is 2.62. The molecule has 0 amide bonds. The summed E-state index contributed by atoms with van der Waals surface area (Å²) in [5, 5.41) is 1.25. The summed E-state index contributed by atoms with van der Waals surface area (Å²) in [6.07, 6.45) is 0. The van der Waals surface area contributed by atoms with Crippen molar-refractivity contribution < 1.29 is 4.74 Å². The lowest BCUT2D eigenvalue weighted by molar-refractivity contribution is -0.106. The van der Waals surface area contributed by atoms with Gasteiger partial charge in [0.15, 0.2) is 0 Å². The van der Waals surface area contributed by atoms with Gasteiger partial charge in [-0.3, -0.25) is 0 Å². The highest BCUT2D eigenvalue weighted by Crippen LogP contribution is 2.49. The maximum absolute atomic E-state index is 6.15. The van der Waals surface area contributed by atoms with E-state index in [0.717, 1.165) is 4.47 Å². The van der Waals surface area contributed by atoms with E-state index in [-0.39, 0.29) is 11.2 Å². The van der Waals surface area contributed by atoms with E-state index in [1.807, 2.05) is 0 Å². The fourth-order valence-electron chi connectivity index (χ4n) is 2.98. The van der Waals surface area contributed by atoms with E-state index in [2.05, 4.69) is 66.8 Å². The molecule has 17 heavy (non-hydrogen) atoms. The average molecular weight is 294 g/mol. The van der Waals surface area contributed by atoms with Crippen LogP contribution in [0.1, 0.15) is 39.0 Å². The molecule has 0 saturated carbocycles. The quantitative estimate of drug-likeness (QED) is 0.764. The summed E-state index contributed by atoms with van der Waals surface area (Å²) in [4.78, 5) is 3.50. The molecule has 0 fully saturated rings. The summed E-state index contributed by atoms with van der Waals surface area (Å²) in [5.41, 5.74) is 3.19. The molecule has 1 aromatic carbocycles. The predicted octanol–water partition coefficient (Wildman–Crippen LogP) is 4.43. The molecule has 0 aliphatic carbocycles. The molecule has 1 aromatic heterocycles. The zero-order valence-electron chi connectivity index (χ0n) is 10.5. The van der Waals surface area contributed by atoms with Crippen LogP contribution in [0.25, 0.3) is 10.9 Å². The van der Waals surface area contributed by atoms with Crippen molar-refractivity contribution in [2.45, 2.75) is 38.9 Å². The van der Waals surface area contributed by atoms with Crippen LogP contribution in [0, 0.1) is 0 Å². The third kappa shape index (κ3) is 1.49. The van der Waals surface area contributed by atoms with E-state index in [1.165, 1.54) is 22.2 Å². The lowest BCUT2D eigenvalue weighted by Crippen LogP contribution is -2.23. The fourth-order valence-corrected chi connectivity index (χ4v) is 3.34. The maximum atomic E-state index is 6.15. The van der Waals surface area contributed by atoms with Crippen LogP contribution >= 0.6 is 15.9 Å². The minimum atomic E-state index is -0.246. The van der Waals surface area contributed by atoms with Gasteiger partial charge < -0.3 is 9.72 Å². The molecule has 0 spiro atoms. The summed E-state index contributed by atoms with van der Waals surface area (Å²) in [5.74, 6) is 0. The molecular weight excluding hydrogens is 278 g/mol. The normalized spacial score (nSPS) is 20.8. The van der Waals surface area contributed by atoms with Crippen molar-refractivity contribution in [3.05, 3.63) is 33.9 Å². The van der Waals surface area contributed by atoms with Gasteiger partial charge in [-0.1, -0.05) is 15.9 Å². The smallest absolute Gasteiger partial charge is 0.104 e. The predicted molar refractivity (Wildman–Crippen MR) is 73.1 cm³/mol. The van der Waals surface area contributed by atoms with Gasteiger partial charge in [-0.05, 0) is 45.9 Å². The number of ether oxygens (including phenoxy) is 1. The highest BCUT2D eigenvalue weighted by molar-refractivity contribution is 9.10. The van der Waals surface area contributed by atoms with Crippen LogP contribution in [-0.4, -0.2) is 4.98 Å². The van der Waals surface area contributed by atoms with Crippen LogP contribution in [0.2, 0.25) is 0 Å². The van der Waals surface area contributed by atoms with Gasteiger partial charge in [-0.25, -0.2) is 0 Å². The Bertz CT molecular complexity index is 610. The van der Waals surface area contributed by atoms with Crippen LogP contribution in [0.4, 0.5) is 0 Å². The van der Waals surface area contributed by atoms with Crippen molar-refractivity contribution in [3.8, 4) is 0 Å². The second-order valence-corrected chi connectivity index (χ2v) is 6.60. The van der Waals surface area contributed by atoms with Gasteiger partial charge in [0.1, 0.15) is 5.60 Å². The van der Waals surface area contributed by atoms with Gasteiger partial charge in [0.2, 0.25) is 0 Å². The number of rotatable bonds is 0. The first-order valence-electron chi connectivity index (χ1n) is 5.84. The van der Waals surface area contributed by atoms with E-state index < -0.39 is 0 Å². The van der Waals surface area contributed by atoms with Gasteiger partial charge in [-0.15, -0.1) is 0 Å². The van der Waals surface area contributed by atoms with Crippen LogP contribution in [0.15, 0.2) is 22.7 Å². The van der Waals surface area contributed by atoms with Crippen molar-refractivity contribution >= 4 is 26.8 Å². The van der Waals surface area contributed by atoms with Crippen molar-refractivity contribution in [3.63, 3.8) is 0 Å². The van der Waals surface area contributed by atoms with Gasteiger partial charge in [0.25, 0.3) is 0 Å². The minimum Gasteiger partial charge on any atom is -0.359 e. The van der Waals surface area contributed by atoms with E-state index in [1.54, 1.807) is 0 Å². The molecule has 2 nitrogen and oxygen atoms in total. The molecule has 1 aliphatic rings. The Labute approximate surface area is 109 Å². The molecule has 0 bridgehead atoms. The summed E-state index contributed by atoms with van der Waals surface area (Å²) in [7, 11) is 0. The summed E-state index contributed by atoms with van der Waals surface area (Å²) in [6.45, 7) is 8.50. The fraction of sp³-hybridized carbons (Fsp3) is 0.429. The second kappa shape index (κ2) is 3.15. The van der Waals surface area contributed by atoms with E-state index in [0.29, 0.717) is 0 Å². The Morgan fingerprint density at radius 1 is 1.12 bits per heavy atom. The number of hydrogen-bond donors (Lipinski definition) is 1. The second-order valence-electron chi connectivity index (χ2n) is 5.69. The zero-order chi connectivity index (χ0) is 12.4. The first-order valence-corrected chi connectivity index (χ1v) is 6.63. The zero-order valence-corrected chi connectivity index (χ0v) is 12.1. The molecule has 0 saturated heterocycles. The summed E-state index contributed by atoms with van der Waals surface area (Å²) >= 11 is 3.54. The highest BCUT2D eigenvalue weighted by Gasteiger charge is 2.45. The molecule has 0 radical (unpaired) electrons. The number of benzene rings is 1. The van der Waals surface area contributed by atoms with Crippen LogP contribution in [0.5, 0.6) is 0 Å². The minimum absolute atomic E-state index is 0.238. The largest absolute Gasteiger partial charge is 0.359 e. The lowest BCUT2D eigenvalue weighted by atomic mass is 9.94. The Kier molecular flexibility index (Phi) is 2.09. The van der Waals surface area contributed by atoms with Crippen molar-refractivity contribution in [1.29, 1.82) is 0 Å². The standard InChI is InChI=1S/C14H16BrNO/c1-13(2)11-9-7-8(15)5-6-10(9)16-12(11)14(3,4)17-13/h5-7,16H,1-4H3. The number of aromatic nitrogens is 1. The maximum Gasteiger partial charge on any atom is 0.104 e. The number of aromatic amines is 1. The Morgan fingerprint density at radius 2 is 1.82 bits per heavy atom. The van der Waals surface area contributed by atoms with E-state index in [4.69, 9.17) is 4.74 Å². The van der Waals surface area contributed by atoms with E-state index >= 15 is 0 Å². The Balaban J connectivity index is 2.42. The molecule has 2 aromatic rings. The lowest BCUT2D eigenvalue weighted by Gasteiger charge is -2.25. The topological polar surface area (TPSA) is 25.0 Å². The number of fused-ring (bicyclic) bond motifs is 3.